The summed E-state index contributed by atoms with van der Waals surface area (Å²) in [5.74, 6) is 0.498. The van der Waals surface area contributed by atoms with Gasteiger partial charge in [-0.25, -0.2) is 4.79 Å². The van der Waals surface area contributed by atoms with Crippen LogP contribution in [0.3, 0.4) is 0 Å². The highest BCUT2D eigenvalue weighted by Gasteiger charge is 2.31. The number of carbonyl (C=O) groups excluding carboxylic acids is 1. The average Bonchev–Trinajstić information content (AvgIpc) is 3.37. The van der Waals surface area contributed by atoms with E-state index in [1.165, 1.54) is 6.20 Å². The lowest BCUT2D eigenvalue weighted by Crippen LogP contribution is -2.39. The predicted molar refractivity (Wildman–Crippen MR) is 145 cm³/mol. The number of hydrogen-bond acceptors (Lipinski definition) is 8. The van der Waals surface area contributed by atoms with E-state index in [0.29, 0.717) is 32.0 Å². The lowest BCUT2D eigenvalue weighted by molar-refractivity contribution is -0.389. The molecule has 11 heteroatoms. The average molecular weight is 536 g/mol. The molecule has 0 aliphatic carbocycles. The molecule has 0 N–H and O–H groups in total. The van der Waals surface area contributed by atoms with Gasteiger partial charge in [-0.05, 0) is 67.5 Å². The molecule has 206 valence electrons. The van der Waals surface area contributed by atoms with Gasteiger partial charge in [-0.1, -0.05) is 24.3 Å². The number of aromatic nitrogens is 2. The number of rotatable bonds is 6. The number of imidazole rings is 1. The molecule has 11 nitrogen and oxygen atoms in total. The maximum absolute atomic E-state index is 12.5. The van der Waals surface area contributed by atoms with Crippen molar-refractivity contribution >= 4 is 17.6 Å². The van der Waals surface area contributed by atoms with Gasteiger partial charge in [0.15, 0.2) is 6.10 Å². The van der Waals surface area contributed by atoms with E-state index in [4.69, 9.17) is 14.2 Å². The number of anilines is 1. The summed E-state index contributed by atoms with van der Waals surface area (Å²) in [5, 5.41) is 10.8. The molecule has 1 amide bonds. The Kier molecular flexibility index (Phi) is 7.32. The van der Waals surface area contributed by atoms with Crippen molar-refractivity contribution in [3.63, 3.8) is 0 Å². The molecule has 0 saturated carbocycles. The predicted octanol–water partition coefficient (Wildman–Crippen LogP) is 4.75. The zero-order valence-corrected chi connectivity index (χ0v) is 22.4. The minimum absolute atomic E-state index is 0.218. The fourth-order valence-electron chi connectivity index (χ4n) is 4.67. The third-order valence-corrected chi connectivity index (χ3v) is 6.59. The molecular formula is C28H33N5O6. The summed E-state index contributed by atoms with van der Waals surface area (Å²) in [7, 11) is 0. The molecule has 1 aromatic heterocycles. The maximum Gasteiger partial charge on any atom is 0.414 e. The van der Waals surface area contributed by atoms with E-state index in [1.54, 1.807) is 9.47 Å². The van der Waals surface area contributed by atoms with Crippen LogP contribution in [0.5, 0.6) is 11.8 Å². The molecule has 1 saturated heterocycles. The maximum atomic E-state index is 12.5. The number of nitrogens with zero attached hydrogens (tertiary/aromatic N) is 5. The van der Waals surface area contributed by atoms with Crippen molar-refractivity contribution in [2.75, 3.05) is 37.7 Å². The van der Waals surface area contributed by atoms with Gasteiger partial charge in [0.25, 0.3) is 0 Å². The molecule has 0 radical (unpaired) electrons. The van der Waals surface area contributed by atoms with Crippen molar-refractivity contribution in [1.82, 2.24) is 14.5 Å². The van der Waals surface area contributed by atoms with E-state index >= 15 is 0 Å². The second-order valence-corrected chi connectivity index (χ2v) is 10.7. The van der Waals surface area contributed by atoms with E-state index in [9.17, 15) is 14.9 Å². The number of ether oxygens (including phenoxy) is 3. The molecule has 2 aliphatic heterocycles. The highest BCUT2D eigenvalue weighted by molar-refractivity contribution is 5.69. The second-order valence-electron chi connectivity index (χ2n) is 10.7. The Labute approximate surface area is 227 Å². The van der Waals surface area contributed by atoms with Crippen LogP contribution in [0, 0.1) is 10.1 Å². The van der Waals surface area contributed by atoms with Crippen LogP contribution in [-0.4, -0.2) is 70.0 Å². The molecule has 5 rings (SSSR count). The topological polar surface area (TPSA) is 112 Å². The molecule has 2 aromatic carbocycles. The smallest absolute Gasteiger partial charge is 0.414 e. The van der Waals surface area contributed by atoms with Crippen LogP contribution >= 0.6 is 0 Å². The van der Waals surface area contributed by atoms with Crippen molar-refractivity contribution in [3.05, 3.63) is 64.8 Å². The molecule has 1 fully saturated rings. The Balaban J connectivity index is 1.12. The molecular weight excluding hydrogens is 502 g/mol. The highest BCUT2D eigenvalue weighted by atomic mass is 16.6. The number of benzene rings is 2. The first-order valence-corrected chi connectivity index (χ1v) is 13.1. The molecule has 39 heavy (non-hydrogen) atoms. The molecule has 3 aromatic rings. The minimum Gasteiger partial charge on any atom is -0.490 e. The fraction of sp³-hybridized carbons (Fsp3) is 0.429. The molecule has 0 spiro atoms. The van der Waals surface area contributed by atoms with Crippen LogP contribution in [0.15, 0.2) is 54.7 Å². The van der Waals surface area contributed by atoms with Gasteiger partial charge in [-0.15, -0.1) is 0 Å². The quantitative estimate of drug-likeness (QED) is 0.329. The number of amides is 1. The number of hydrogen-bond donors (Lipinski definition) is 0. The van der Waals surface area contributed by atoms with Gasteiger partial charge in [0.05, 0.1) is 6.54 Å². The van der Waals surface area contributed by atoms with E-state index < -0.39 is 10.5 Å². The number of carbonyl (C=O) groups is 1. The largest absolute Gasteiger partial charge is 0.490 e. The molecule has 0 bridgehead atoms. The van der Waals surface area contributed by atoms with E-state index in [2.05, 4.69) is 34.1 Å². The SMILES string of the molecule is CC(C)(C)OC(=O)N1CCCN(c2ccc(-c3ccc(OC[C@H]4Cn5cc([N+](=O)[O-])nc5O4)cc3)cc2)CC1. The Bertz CT molecular complexity index is 1290. The van der Waals surface area contributed by atoms with Gasteiger partial charge >= 0.3 is 17.9 Å². The lowest BCUT2D eigenvalue weighted by Gasteiger charge is -2.27. The van der Waals surface area contributed by atoms with Crippen molar-refractivity contribution in [3.8, 4) is 22.9 Å². The first-order chi connectivity index (χ1) is 18.6. The Hall–Kier alpha value is -4.28. The van der Waals surface area contributed by atoms with Gasteiger partial charge in [-0.3, -0.25) is 4.57 Å². The fourth-order valence-corrected chi connectivity index (χ4v) is 4.67. The number of nitro groups is 1. The summed E-state index contributed by atoms with van der Waals surface area (Å²) in [6.07, 6.45) is 1.76. The Morgan fingerprint density at radius 3 is 2.38 bits per heavy atom. The third kappa shape index (κ3) is 6.42. The second kappa shape index (κ2) is 10.8. The summed E-state index contributed by atoms with van der Waals surface area (Å²) in [4.78, 5) is 30.7. The standard InChI is InChI=1S/C28H33N5O6/c1-28(2,3)39-27(34)31-14-4-13-30(15-16-31)22-9-5-20(6-10-22)21-7-11-23(12-8-21)37-19-24-17-32-18-25(33(35)36)29-26(32)38-24/h5-12,18,24H,4,13-17,19H2,1-3H3/t24-/m1/s1. The van der Waals surface area contributed by atoms with Crippen molar-refractivity contribution in [1.29, 1.82) is 0 Å². The first kappa shape index (κ1) is 26.3. The van der Waals surface area contributed by atoms with Gasteiger partial charge in [0, 0.05) is 36.9 Å². The Morgan fingerprint density at radius 1 is 1.05 bits per heavy atom. The van der Waals surface area contributed by atoms with Crippen LogP contribution in [-0.2, 0) is 11.3 Å². The lowest BCUT2D eigenvalue weighted by atomic mass is 10.0. The van der Waals surface area contributed by atoms with Gasteiger partial charge in [0.1, 0.15) is 24.2 Å². The van der Waals surface area contributed by atoms with E-state index in [-0.39, 0.29) is 24.0 Å². The normalized spacial score (nSPS) is 17.3. The minimum atomic E-state index is -0.536. The first-order valence-electron chi connectivity index (χ1n) is 13.1. The van der Waals surface area contributed by atoms with E-state index in [1.807, 2.05) is 45.0 Å². The van der Waals surface area contributed by atoms with Crippen LogP contribution in [0.25, 0.3) is 11.1 Å². The van der Waals surface area contributed by atoms with Gasteiger partial charge < -0.3 is 34.1 Å². The molecule has 2 aliphatic rings. The summed E-state index contributed by atoms with van der Waals surface area (Å²) in [6.45, 7) is 9.39. The summed E-state index contributed by atoms with van der Waals surface area (Å²) >= 11 is 0. The van der Waals surface area contributed by atoms with Crippen LogP contribution in [0.1, 0.15) is 27.2 Å². The highest BCUT2D eigenvalue weighted by Crippen LogP contribution is 2.28. The molecule has 0 unspecified atom stereocenters. The van der Waals surface area contributed by atoms with Crippen LogP contribution < -0.4 is 14.4 Å². The zero-order valence-electron chi connectivity index (χ0n) is 22.4. The molecule has 1 atom stereocenters. The zero-order chi connectivity index (χ0) is 27.6. The molecule has 3 heterocycles. The van der Waals surface area contributed by atoms with Crippen LogP contribution in [0.2, 0.25) is 0 Å². The summed E-state index contributed by atoms with van der Waals surface area (Å²) in [5.41, 5.74) is 2.81. The number of fused-ring (bicyclic) bond motifs is 1. The van der Waals surface area contributed by atoms with E-state index in [0.717, 1.165) is 36.3 Å². The summed E-state index contributed by atoms with van der Waals surface area (Å²) < 4.78 is 18.7. The Morgan fingerprint density at radius 2 is 1.74 bits per heavy atom. The van der Waals surface area contributed by atoms with Gasteiger partial charge in [-0.2, -0.15) is 0 Å². The summed E-state index contributed by atoms with van der Waals surface area (Å²) in [6, 6.07) is 16.6. The van der Waals surface area contributed by atoms with Crippen LogP contribution in [0.4, 0.5) is 16.3 Å². The van der Waals surface area contributed by atoms with Crippen molar-refractivity contribution in [2.45, 2.75) is 45.4 Å². The third-order valence-electron chi connectivity index (χ3n) is 6.59. The van der Waals surface area contributed by atoms with Crippen molar-refractivity contribution in [2.24, 2.45) is 0 Å². The monoisotopic (exact) mass is 535 g/mol. The van der Waals surface area contributed by atoms with Gasteiger partial charge in [0.2, 0.25) is 0 Å². The van der Waals surface area contributed by atoms with Crippen molar-refractivity contribution < 1.29 is 23.9 Å².